The Bertz CT molecular complexity index is 1230. The normalized spacial score (nSPS) is 11.4. The molecule has 0 saturated heterocycles. The maximum atomic E-state index is 6.73. The van der Waals surface area contributed by atoms with Gasteiger partial charge in [0.15, 0.2) is 0 Å². The lowest BCUT2D eigenvalue weighted by molar-refractivity contribution is 0.908. The maximum absolute atomic E-state index is 6.73. The molecular weight excluding hydrogens is 364 g/mol. The summed E-state index contributed by atoms with van der Waals surface area (Å²) in [5.41, 5.74) is 5.85. The highest BCUT2D eigenvalue weighted by Gasteiger charge is 2.25. The van der Waals surface area contributed by atoms with Gasteiger partial charge >= 0.3 is 0 Å². The number of hydrogen-bond donors (Lipinski definition) is 0. The molecule has 5 rings (SSSR count). The van der Waals surface area contributed by atoms with Crippen molar-refractivity contribution < 1.29 is 0 Å². The molecule has 3 nitrogen and oxygen atoms in total. The topological polar surface area (TPSA) is 13.1 Å². The van der Waals surface area contributed by atoms with E-state index >= 15 is 0 Å². The molecule has 0 amide bonds. The summed E-state index contributed by atoms with van der Waals surface area (Å²) in [5, 5.41) is 2.06. The minimum atomic E-state index is 0.735. The van der Waals surface area contributed by atoms with Crippen molar-refractivity contribution in [1.82, 2.24) is 9.13 Å². The lowest BCUT2D eigenvalue weighted by atomic mass is 9.92. The van der Waals surface area contributed by atoms with E-state index in [-0.39, 0.29) is 0 Å². The molecule has 0 unspecified atom stereocenters. The fraction of sp³-hybridized carbons (Fsp3) is 0.120. The van der Waals surface area contributed by atoms with Crippen molar-refractivity contribution in [3.05, 3.63) is 78.4 Å². The van der Waals surface area contributed by atoms with Crippen molar-refractivity contribution in [2.24, 2.45) is 14.1 Å². The minimum absolute atomic E-state index is 0.735. The Balaban J connectivity index is 1.89. The first kappa shape index (κ1) is 18.7. The number of aryl methyl sites for hydroxylation is 3. The quantitative estimate of drug-likeness (QED) is 0.428. The molecule has 0 aliphatic heterocycles. The second-order valence-electron chi connectivity index (χ2n) is 7.80. The van der Waals surface area contributed by atoms with E-state index in [0.717, 1.165) is 50.1 Å². The molecule has 0 spiro atoms. The number of anilines is 3. The molecule has 0 bridgehead atoms. The SMILES string of the molecule is [B]c1c(N(c2ccc(C)cc2)c2c([B])c3ccccc3n2C)n(C)c2ccccc12. The highest BCUT2D eigenvalue weighted by Crippen LogP contribution is 2.37. The van der Waals surface area contributed by atoms with Gasteiger partial charge in [0.25, 0.3) is 0 Å². The van der Waals surface area contributed by atoms with Crippen LogP contribution in [0.5, 0.6) is 0 Å². The minimum Gasteiger partial charge on any atom is -0.330 e. The van der Waals surface area contributed by atoms with Crippen LogP contribution in [-0.4, -0.2) is 24.8 Å². The Hall–Kier alpha value is -3.33. The van der Waals surface area contributed by atoms with E-state index in [9.17, 15) is 0 Å². The van der Waals surface area contributed by atoms with Crippen LogP contribution in [0, 0.1) is 6.92 Å². The van der Waals surface area contributed by atoms with Crippen LogP contribution in [0.3, 0.4) is 0 Å². The molecular formula is C25H21B2N3. The highest BCUT2D eigenvalue weighted by molar-refractivity contribution is 6.45. The van der Waals surface area contributed by atoms with E-state index < -0.39 is 0 Å². The average molecular weight is 385 g/mol. The van der Waals surface area contributed by atoms with Crippen molar-refractivity contribution in [2.45, 2.75) is 6.92 Å². The van der Waals surface area contributed by atoms with Crippen LogP contribution in [0.25, 0.3) is 21.8 Å². The Morgan fingerprint density at radius 3 is 1.50 bits per heavy atom. The summed E-state index contributed by atoms with van der Waals surface area (Å²) >= 11 is 0. The van der Waals surface area contributed by atoms with Gasteiger partial charge in [-0.1, -0.05) is 54.1 Å². The molecule has 0 fully saturated rings. The van der Waals surface area contributed by atoms with Crippen LogP contribution in [0.2, 0.25) is 0 Å². The Morgan fingerprint density at radius 1 is 0.633 bits per heavy atom. The molecule has 142 valence electrons. The van der Waals surface area contributed by atoms with E-state index in [2.05, 4.69) is 69.5 Å². The van der Waals surface area contributed by atoms with Crippen molar-refractivity contribution in [3.63, 3.8) is 0 Å². The van der Waals surface area contributed by atoms with Gasteiger partial charge in [0.2, 0.25) is 0 Å². The zero-order chi connectivity index (χ0) is 21.0. The molecule has 4 radical (unpaired) electrons. The van der Waals surface area contributed by atoms with Crippen molar-refractivity contribution >= 4 is 65.7 Å². The van der Waals surface area contributed by atoms with Gasteiger partial charge in [0, 0.05) is 30.8 Å². The van der Waals surface area contributed by atoms with Crippen molar-refractivity contribution in [3.8, 4) is 0 Å². The first-order valence-corrected chi connectivity index (χ1v) is 10.0. The summed E-state index contributed by atoms with van der Waals surface area (Å²) < 4.78 is 4.28. The van der Waals surface area contributed by atoms with E-state index in [1.54, 1.807) is 0 Å². The summed E-state index contributed by atoms with van der Waals surface area (Å²) in [7, 11) is 17.6. The molecule has 3 aromatic carbocycles. The van der Waals surface area contributed by atoms with Gasteiger partial charge in [-0.15, -0.1) is 0 Å². The first-order chi connectivity index (χ1) is 14.5. The van der Waals surface area contributed by atoms with Crippen LogP contribution in [0.15, 0.2) is 72.8 Å². The highest BCUT2D eigenvalue weighted by atomic mass is 15.3. The molecule has 0 saturated carbocycles. The smallest absolute Gasteiger partial charge is 0.119 e. The van der Waals surface area contributed by atoms with Gasteiger partial charge in [-0.05, 0) is 52.9 Å². The number of hydrogen-bond acceptors (Lipinski definition) is 1. The van der Waals surface area contributed by atoms with E-state index in [1.807, 2.05) is 38.4 Å². The first-order valence-electron chi connectivity index (χ1n) is 10.0. The van der Waals surface area contributed by atoms with E-state index in [4.69, 9.17) is 15.7 Å². The van der Waals surface area contributed by atoms with Crippen LogP contribution >= 0.6 is 0 Å². The summed E-state index contributed by atoms with van der Waals surface area (Å²) in [5.74, 6) is 1.80. The predicted molar refractivity (Wildman–Crippen MR) is 130 cm³/mol. The molecule has 0 aliphatic carbocycles. The number of para-hydroxylation sites is 2. The van der Waals surface area contributed by atoms with Gasteiger partial charge in [-0.3, -0.25) is 4.90 Å². The third kappa shape index (κ3) is 2.62. The Morgan fingerprint density at radius 2 is 1.07 bits per heavy atom. The van der Waals surface area contributed by atoms with Crippen molar-refractivity contribution in [1.29, 1.82) is 0 Å². The van der Waals surface area contributed by atoms with Crippen LogP contribution < -0.4 is 15.8 Å². The summed E-state index contributed by atoms with van der Waals surface area (Å²) in [6.45, 7) is 2.09. The van der Waals surface area contributed by atoms with Crippen LogP contribution in [0.1, 0.15) is 5.56 Å². The maximum Gasteiger partial charge on any atom is 0.119 e. The van der Waals surface area contributed by atoms with Gasteiger partial charge in [0.1, 0.15) is 27.3 Å². The monoisotopic (exact) mass is 385 g/mol. The fourth-order valence-corrected chi connectivity index (χ4v) is 4.40. The number of aromatic nitrogens is 2. The second-order valence-corrected chi connectivity index (χ2v) is 7.80. The van der Waals surface area contributed by atoms with E-state index in [1.165, 1.54) is 5.56 Å². The standard InChI is InChI=1S/C25H21B2N3/c1-16-12-14-17(15-13-16)30(24-22(26)18-8-4-6-10-20(18)28(24)2)25-23(27)19-9-5-7-11-21(19)29(25)3/h4-15H,1-3H3. The molecule has 2 heterocycles. The molecule has 0 atom stereocenters. The predicted octanol–water partition coefficient (Wildman–Crippen LogP) is 4.04. The number of nitrogens with zero attached hydrogens (tertiary/aromatic N) is 3. The second kappa shape index (κ2) is 6.87. The Labute approximate surface area is 179 Å². The fourth-order valence-electron chi connectivity index (χ4n) is 4.40. The summed E-state index contributed by atoms with van der Waals surface area (Å²) in [6, 6.07) is 24.9. The van der Waals surface area contributed by atoms with Gasteiger partial charge in [-0.2, -0.15) is 0 Å². The average Bonchev–Trinajstić information content (AvgIpc) is 3.17. The van der Waals surface area contributed by atoms with E-state index in [0.29, 0.717) is 0 Å². The van der Waals surface area contributed by atoms with Gasteiger partial charge in [0.05, 0.1) is 0 Å². The van der Waals surface area contributed by atoms with Crippen molar-refractivity contribution in [2.75, 3.05) is 4.90 Å². The van der Waals surface area contributed by atoms with Crippen LogP contribution in [0.4, 0.5) is 17.3 Å². The molecule has 5 aromatic rings. The molecule has 5 heteroatoms. The third-order valence-electron chi connectivity index (χ3n) is 5.94. The summed E-state index contributed by atoms with van der Waals surface area (Å²) in [6.07, 6.45) is 0. The Kier molecular flexibility index (Phi) is 4.28. The van der Waals surface area contributed by atoms with Crippen LogP contribution in [-0.2, 0) is 14.1 Å². The third-order valence-corrected chi connectivity index (χ3v) is 5.94. The molecule has 0 aliphatic rings. The zero-order valence-corrected chi connectivity index (χ0v) is 17.4. The molecule has 0 N–H and O–H groups in total. The number of benzene rings is 3. The number of fused-ring (bicyclic) bond motifs is 2. The van der Waals surface area contributed by atoms with Gasteiger partial charge < -0.3 is 9.13 Å². The van der Waals surface area contributed by atoms with Gasteiger partial charge in [-0.25, -0.2) is 0 Å². The number of rotatable bonds is 3. The molecule has 2 aromatic heterocycles. The molecule has 30 heavy (non-hydrogen) atoms. The summed E-state index contributed by atoms with van der Waals surface area (Å²) in [4.78, 5) is 2.17. The lowest BCUT2D eigenvalue weighted by Crippen LogP contribution is -2.26. The largest absolute Gasteiger partial charge is 0.330 e. The lowest BCUT2D eigenvalue weighted by Gasteiger charge is -2.28. The zero-order valence-electron chi connectivity index (χ0n) is 17.4.